The Labute approximate surface area is 158 Å². The van der Waals surface area contributed by atoms with Crippen molar-refractivity contribution in [2.24, 2.45) is 5.73 Å². The number of nitrogens with one attached hydrogen (secondary N) is 1. The number of hydrogen-bond donors (Lipinski definition) is 3. The van der Waals surface area contributed by atoms with Gasteiger partial charge < -0.3 is 16.2 Å². The number of carboxylic acid groups (broad SMARTS) is 1. The maximum atomic E-state index is 12.5. The van der Waals surface area contributed by atoms with Gasteiger partial charge in [-0.1, -0.05) is 30.3 Å². The maximum Gasteiger partial charge on any atom is 0.328 e. The highest BCUT2D eigenvalue weighted by atomic mass is 16.6. The maximum absolute atomic E-state index is 12.5. The molecule has 4 N–H and O–H groups in total. The summed E-state index contributed by atoms with van der Waals surface area (Å²) < 4.78 is 0. The molecule has 0 fully saturated rings. The fraction of sp³-hybridized carbons (Fsp3) is 0.176. The van der Waals surface area contributed by atoms with Crippen LogP contribution in [0.2, 0.25) is 0 Å². The highest BCUT2D eigenvalue weighted by Gasteiger charge is 2.31. The molecule has 11 nitrogen and oxygen atoms in total. The molecule has 0 saturated carbocycles. The highest BCUT2D eigenvalue weighted by molar-refractivity contribution is 6.06. The zero-order valence-corrected chi connectivity index (χ0v) is 14.3. The van der Waals surface area contributed by atoms with Crippen molar-refractivity contribution in [1.82, 2.24) is 0 Å². The number of carbonyl (C=O) groups is 2. The first-order chi connectivity index (χ1) is 13.2. The van der Waals surface area contributed by atoms with Gasteiger partial charge in [0.15, 0.2) is 11.8 Å². The van der Waals surface area contributed by atoms with Crippen molar-refractivity contribution in [2.75, 3.05) is 5.32 Å². The lowest BCUT2D eigenvalue weighted by atomic mass is 9.97. The van der Waals surface area contributed by atoms with Crippen molar-refractivity contribution in [3.05, 3.63) is 74.3 Å². The predicted octanol–water partition coefficient (Wildman–Crippen LogP) is 1.51. The standard InChI is InChI=1S/C17H16N4O7/c18-15(17(23)24)16(22)13(8-10-4-2-1-3-5-10)19-12-7-6-11(20(25)26)9-14(12)21(27)28/h1-7,9,13,15,19H,8,18H2,(H,23,24)/t13-,15?/m0/s1. The van der Waals surface area contributed by atoms with Crippen LogP contribution in [0.5, 0.6) is 0 Å². The van der Waals surface area contributed by atoms with Gasteiger partial charge in [-0.3, -0.25) is 29.8 Å². The molecule has 0 spiro atoms. The fourth-order valence-electron chi connectivity index (χ4n) is 2.51. The Balaban J connectivity index is 2.41. The van der Waals surface area contributed by atoms with Gasteiger partial charge in [0.2, 0.25) is 0 Å². The first kappa shape index (κ1) is 20.5. The van der Waals surface area contributed by atoms with Gasteiger partial charge >= 0.3 is 5.97 Å². The van der Waals surface area contributed by atoms with Gasteiger partial charge in [0.1, 0.15) is 5.69 Å². The van der Waals surface area contributed by atoms with Crippen LogP contribution >= 0.6 is 0 Å². The molecule has 0 aliphatic rings. The van der Waals surface area contributed by atoms with Crippen LogP contribution < -0.4 is 11.1 Å². The number of Topliss-reactive ketones (excluding diaryl/α,β-unsaturated/α-hetero) is 1. The molecule has 2 aromatic rings. The lowest BCUT2D eigenvalue weighted by Gasteiger charge is -2.20. The number of hydrogen-bond acceptors (Lipinski definition) is 8. The number of carboxylic acids is 1. The topological polar surface area (TPSA) is 179 Å². The molecular weight excluding hydrogens is 372 g/mol. The number of nitrogens with zero attached hydrogens (tertiary/aromatic N) is 2. The minimum atomic E-state index is -1.83. The van der Waals surface area contributed by atoms with E-state index in [1.165, 1.54) is 0 Å². The third-order valence-corrected chi connectivity index (χ3v) is 3.92. The largest absolute Gasteiger partial charge is 0.480 e. The summed E-state index contributed by atoms with van der Waals surface area (Å²) in [6, 6.07) is 8.40. The number of aliphatic carboxylic acids is 1. The molecule has 1 unspecified atom stereocenters. The molecule has 2 atom stereocenters. The summed E-state index contributed by atoms with van der Waals surface area (Å²) in [7, 11) is 0. The number of anilines is 1. The van der Waals surface area contributed by atoms with E-state index in [0.29, 0.717) is 5.56 Å². The molecule has 0 saturated heterocycles. The van der Waals surface area contributed by atoms with Gasteiger partial charge in [-0.15, -0.1) is 0 Å². The number of non-ortho nitro benzene ring substituents is 1. The Morgan fingerprint density at radius 3 is 2.25 bits per heavy atom. The second-order valence-electron chi connectivity index (χ2n) is 5.82. The predicted molar refractivity (Wildman–Crippen MR) is 97.9 cm³/mol. The van der Waals surface area contributed by atoms with E-state index in [1.807, 2.05) is 0 Å². The van der Waals surface area contributed by atoms with Crippen LogP contribution in [0.4, 0.5) is 17.1 Å². The molecular formula is C17H16N4O7. The number of nitro benzene ring substituents is 2. The monoisotopic (exact) mass is 388 g/mol. The molecule has 146 valence electrons. The van der Waals surface area contributed by atoms with E-state index in [2.05, 4.69) is 5.32 Å². The summed E-state index contributed by atoms with van der Waals surface area (Å²) in [4.78, 5) is 44.1. The van der Waals surface area contributed by atoms with E-state index in [0.717, 1.165) is 18.2 Å². The molecule has 0 bridgehead atoms. The van der Waals surface area contributed by atoms with E-state index < -0.39 is 45.1 Å². The van der Waals surface area contributed by atoms with E-state index in [9.17, 15) is 29.8 Å². The third-order valence-electron chi connectivity index (χ3n) is 3.92. The summed E-state index contributed by atoms with van der Waals surface area (Å²) in [5.74, 6) is -2.42. The number of carbonyl (C=O) groups excluding carboxylic acids is 1. The second kappa shape index (κ2) is 8.68. The highest BCUT2D eigenvalue weighted by Crippen LogP contribution is 2.30. The summed E-state index contributed by atoms with van der Waals surface area (Å²) in [5, 5.41) is 33.8. The zero-order valence-electron chi connectivity index (χ0n) is 14.3. The number of ketones is 1. The summed E-state index contributed by atoms with van der Waals surface area (Å²) in [5.41, 5.74) is 4.80. The fourth-order valence-corrected chi connectivity index (χ4v) is 2.51. The van der Waals surface area contributed by atoms with Crippen LogP contribution in [-0.2, 0) is 16.0 Å². The Morgan fingerprint density at radius 1 is 1.07 bits per heavy atom. The smallest absolute Gasteiger partial charge is 0.328 e. The van der Waals surface area contributed by atoms with Crippen molar-refractivity contribution in [3.63, 3.8) is 0 Å². The van der Waals surface area contributed by atoms with Crippen molar-refractivity contribution in [3.8, 4) is 0 Å². The van der Waals surface area contributed by atoms with E-state index in [1.54, 1.807) is 30.3 Å². The summed E-state index contributed by atoms with van der Waals surface area (Å²) in [6.07, 6.45) is 0.00873. The Kier molecular flexibility index (Phi) is 6.34. The van der Waals surface area contributed by atoms with Crippen molar-refractivity contribution < 1.29 is 24.5 Å². The molecule has 0 heterocycles. The lowest BCUT2D eigenvalue weighted by Crippen LogP contribution is -2.48. The van der Waals surface area contributed by atoms with E-state index in [4.69, 9.17) is 10.8 Å². The average molecular weight is 388 g/mol. The number of nitro groups is 2. The average Bonchev–Trinajstić information content (AvgIpc) is 2.66. The molecule has 11 heteroatoms. The van der Waals surface area contributed by atoms with Crippen molar-refractivity contribution >= 4 is 28.8 Å². The summed E-state index contributed by atoms with van der Waals surface area (Å²) in [6.45, 7) is 0. The van der Waals surface area contributed by atoms with Crippen molar-refractivity contribution in [2.45, 2.75) is 18.5 Å². The van der Waals surface area contributed by atoms with Gasteiger partial charge in [0, 0.05) is 6.07 Å². The molecule has 2 aromatic carbocycles. The molecule has 0 amide bonds. The van der Waals surface area contributed by atoms with Gasteiger partial charge in [0.25, 0.3) is 11.4 Å². The van der Waals surface area contributed by atoms with Crippen molar-refractivity contribution in [1.29, 1.82) is 0 Å². The van der Waals surface area contributed by atoms with Gasteiger partial charge in [0.05, 0.1) is 22.0 Å². The van der Waals surface area contributed by atoms with E-state index in [-0.39, 0.29) is 12.1 Å². The molecule has 0 aliphatic heterocycles. The lowest BCUT2D eigenvalue weighted by molar-refractivity contribution is -0.393. The Hall–Kier alpha value is -3.86. The molecule has 2 rings (SSSR count). The van der Waals surface area contributed by atoms with Crippen LogP contribution in [-0.4, -0.2) is 38.8 Å². The number of nitrogens with two attached hydrogens (primary N) is 1. The van der Waals surface area contributed by atoms with Gasteiger partial charge in [-0.05, 0) is 18.1 Å². The van der Waals surface area contributed by atoms with Gasteiger partial charge in [-0.2, -0.15) is 0 Å². The SMILES string of the molecule is NC(C(=O)O)C(=O)[C@H](Cc1ccccc1)Nc1ccc([N+](=O)[O-])cc1[N+](=O)[O-]. The molecule has 0 radical (unpaired) electrons. The first-order valence-corrected chi connectivity index (χ1v) is 7.96. The molecule has 0 aromatic heterocycles. The Morgan fingerprint density at radius 2 is 1.71 bits per heavy atom. The van der Waals surface area contributed by atoms with Gasteiger partial charge in [-0.25, -0.2) is 0 Å². The van der Waals surface area contributed by atoms with E-state index >= 15 is 0 Å². The second-order valence-corrected chi connectivity index (χ2v) is 5.82. The molecule has 0 aliphatic carbocycles. The number of rotatable bonds is 9. The minimum Gasteiger partial charge on any atom is -0.480 e. The quantitative estimate of drug-likeness (QED) is 0.326. The normalized spacial score (nSPS) is 12.6. The van der Waals surface area contributed by atoms with Crippen LogP contribution in [0.3, 0.4) is 0 Å². The van der Waals surface area contributed by atoms with Crippen LogP contribution in [0.1, 0.15) is 5.56 Å². The number of benzene rings is 2. The zero-order chi connectivity index (χ0) is 20.8. The van der Waals surface area contributed by atoms with Crippen LogP contribution in [0.15, 0.2) is 48.5 Å². The Bertz CT molecular complexity index is 917. The van der Waals surface area contributed by atoms with Crippen LogP contribution in [0, 0.1) is 20.2 Å². The molecule has 28 heavy (non-hydrogen) atoms. The first-order valence-electron chi connectivity index (χ1n) is 7.96. The third kappa shape index (κ3) is 4.86. The summed E-state index contributed by atoms with van der Waals surface area (Å²) >= 11 is 0. The minimum absolute atomic E-state index is 0.00873. The van der Waals surface area contributed by atoms with Crippen LogP contribution in [0.25, 0.3) is 0 Å².